The Bertz CT molecular complexity index is 355. The Morgan fingerprint density at radius 2 is 2.00 bits per heavy atom. The fraction of sp³-hybridized carbons (Fsp3) is 0.643. The third kappa shape index (κ3) is 5.47. The minimum absolute atomic E-state index is 0.0810. The van der Waals surface area contributed by atoms with Crippen molar-refractivity contribution in [2.45, 2.75) is 58.9 Å². The van der Waals surface area contributed by atoms with Crippen LogP contribution < -0.4 is 10.1 Å². The number of aromatic nitrogens is 1. The van der Waals surface area contributed by atoms with Crippen LogP contribution >= 0.6 is 0 Å². The largest absolute Gasteiger partial charge is 0.486 e. The van der Waals surface area contributed by atoms with Crippen LogP contribution in [0.15, 0.2) is 18.3 Å². The van der Waals surface area contributed by atoms with Crippen molar-refractivity contribution in [1.29, 1.82) is 0 Å². The topological polar surface area (TPSA) is 54.4 Å². The van der Waals surface area contributed by atoms with Gasteiger partial charge in [0.1, 0.15) is 11.9 Å². The molecule has 0 aliphatic rings. The summed E-state index contributed by atoms with van der Waals surface area (Å²) in [6, 6.07) is 3.81. The molecule has 0 fully saturated rings. The number of pyridine rings is 1. The molecule has 102 valence electrons. The van der Waals surface area contributed by atoms with Crippen molar-refractivity contribution in [2.24, 2.45) is 0 Å². The van der Waals surface area contributed by atoms with Crippen LogP contribution in [0.3, 0.4) is 0 Å². The molecular formula is C14H24N2O2. The SMILES string of the molecule is CC(O)C(C)Oc1ccc(CNC(C)(C)C)nc1. The molecule has 2 N–H and O–H groups in total. The van der Waals surface area contributed by atoms with Gasteiger partial charge in [-0.05, 0) is 46.8 Å². The van der Waals surface area contributed by atoms with Gasteiger partial charge in [0.05, 0.1) is 18.0 Å². The monoisotopic (exact) mass is 252 g/mol. The van der Waals surface area contributed by atoms with Gasteiger partial charge in [-0.15, -0.1) is 0 Å². The average molecular weight is 252 g/mol. The summed E-state index contributed by atoms with van der Waals surface area (Å²) >= 11 is 0. The molecule has 2 atom stereocenters. The summed E-state index contributed by atoms with van der Waals surface area (Å²) in [5.41, 5.74) is 1.06. The Morgan fingerprint density at radius 1 is 1.33 bits per heavy atom. The summed E-state index contributed by atoms with van der Waals surface area (Å²) in [7, 11) is 0. The number of aliphatic hydroxyl groups is 1. The number of nitrogens with zero attached hydrogens (tertiary/aromatic N) is 1. The van der Waals surface area contributed by atoms with Crippen molar-refractivity contribution in [3.05, 3.63) is 24.0 Å². The molecule has 1 aromatic heterocycles. The molecule has 1 rings (SSSR count). The van der Waals surface area contributed by atoms with E-state index < -0.39 is 6.10 Å². The highest BCUT2D eigenvalue weighted by Crippen LogP contribution is 2.13. The van der Waals surface area contributed by atoms with Gasteiger partial charge in [-0.3, -0.25) is 4.98 Å². The highest BCUT2D eigenvalue weighted by molar-refractivity contribution is 5.20. The summed E-state index contributed by atoms with van der Waals surface area (Å²) < 4.78 is 5.54. The molecule has 0 aromatic carbocycles. The van der Waals surface area contributed by atoms with E-state index in [4.69, 9.17) is 4.74 Å². The summed E-state index contributed by atoms with van der Waals surface area (Å²) in [5.74, 6) is 0.683. The lowest BCUT2D eigenvalue weighted by Gasteiger charge is -2.20. The van der Waals surface area contributed by atoms with Gasteiger partial charge in [0.2, 0.25) is 0 Å². The predicted octanol–water partition coefficient (Wildman–Crippen LogP) is 2.12. The van der Waals surface area contributed by atoms with Crippen LogP contribution in [0.5, 0.6) is 5.75 Å². The fourth-order valence-corrected chi connectivity index (χ4v) is 1.25. The number of hydrogen-bond donors (Lipinski definition) is 2. The smallest absolute Gasteiger partial charge is 0.138 e. The van der Waals surface area contributed by atoms with Crippen molar-refractivity contribution >= 4 is 0 Å². The van der Waals surface area contributed by atoms with Crippen LogP contribution in [0.1, 0.15) is 40.3 Å². The molecule has 0 amide bonds. The van der Waals surface area contributed by atoms with Gasteiger partial charge < -0.3 is 15.2 Å². The number of ether oxygens (including phenoxy) is 1. The van der Waals surface area contributed by atoms with Gasteiger partial charge in [0.25, 0.3) is 0 Å². The molecule has 0 saturated heterocycles. The Morgan fingerprint density at radius 3 is 2.44 bits per heavy atom. The predicted molar refractivity (Wildman–Crippen MR) is 72.6 cm³/mol. The molecule has 1 heterocycles. The maximum Gasteiger partial charge on any atom is 0.138 e. The van der Waals surface area contributed by atoms with Gasteiger partial charge in [-0.2, -0.15) is 0 Å². The molecule has 0 spiro atoms. The van der Waals surface area contributed by atoms with Gasteiger partial charge in [0.15, 0.2) is 0 Å². The molecule has 0 radical (unpaired) electrons. The Hall–Kier alpha value is -1.13. The molecule has 0 bridgehead atoms. The Labute approximate surface area is 109 Å². The van der Waals surface area contributed by atoms with Gasteiger partial charge in [0, 0.05) is 12.1 Å². The van der Waals surface area contributed by atoms with E-state index in [9.17, 15) is 5.11 Å². The van der Waals surface area contributed by atoms with Crippen LogP contribution in [0.4, 0.5) is 0 Å². The lowest BCUT2D eigenvalue weighted by atomic mass is 10.1. The number of aliphatic hydroxyl groups excluding tert-OH is 1. The lowest BCUT2D eigenvalue weighted by Crippen LogP contribution is -2.35. The summed E-state index contributed by atoms with van der Waals surface area (Å²) in [6.45, 7) is 10.6. The Kier molecular flexibility index (Phi) is 5.11. The van der Waals surface area contributed by atoms with Crippen molar-refractivity contribution < 1.29 is 9.84 Å². The first-order valence-electron chi connectivity index (χ1n) is 6.32. The molecule has 18 heavy (non-hydrogen) atoms. The quantitative estimate of drug-likeness (QED) is 0.843. The molecule has 0 aliphatic carbocycles. The van der Waals surface area contributed by atoms with Crippen LogP contribution in [-0.2, 0) is 6.54 Å². The second-order valence-electron chi connectivity index (χ2n) is 5.65. The van der Waals surface area contributed by atoms with Crippen molar-refractivity contribution in [3.8, 4) is 5.75 Å². The van der Waals surface area contributed by atoms with Crippen molar-refractivity contribution in [3.63, 3.8) is 0 Å². The van der Waals surface area contributed by atoms with E-state index in [0.29, 0.717) is 5.75 Å². The maximum atomic E-state index is 9.36. The normalized spacial score (nSPS) is 15.2. The van der Waals surface area contributed by atoms with E-state index in [1.807, 2.05) is 19.1 Å². The van der Waals surface area contributed by atoms with E-state index in [-0.39, 0.29) is 11.6 Å². The number of nitrogens with one attached hydrogen (secondary N) is 1. The molecule has 2 unspecified atom stereocenters. The second-order valence-corrected chi connectivity index (χ2v) is 5.65. The van der Waals surface area contributed by atoms with Crippen LogP contribution in [0.2, 0.25) is 0 Å². The standard InChI is InChI=1S/C14H24N2O2/c1-10(17)11(2)18-13-7-6-12(15-9-13)8-16-14(3,4)5/h6-7,9-11,16-17H,8H2,1-5H3. The van der Waals surface area contributed by atoms with Crippen molar-refractivity contribution in [1.82, 2.24) is 10.3 Å². The van der Waals surface area contributed by atoms with E-state index in [1.165, 1.54) is 0 Å². The second kappa shape index (κ2) is 6.16. The lowest BCUT2D eigenvalue weighted by molar-refractivity contribution is 0.0602. The van der Waals surface area contributed by atoms with Gasteiger partial charge in [-0.25, -0.2) is 0 Å². The first-order chi connectivity index (χ1) is 8.28. The van der Waals surface area contributed by atoms with Gasteiger partial charge in [-0.1, -0.05) is 0 Å². The zero-order valence-corrected chi connectivity index (χ0v) is 11.9. The first kappa shape index (κ1) is 14.9. The molecular weight excluding hydrogens is 228 g/mol. The molecule has 4 nitrogen and oxygen atoms in total. The highest BCUT2D eigenvalue weighted by Gasteiger charge is 2.11. The van der Waals surface area contributed by atoms with E-state index in [2.05, 4.69) is 31.1 Å². The summed E-state index contributed by atoms with van der Waals surface area (Å²) in [4.78, 5) is 4.33. The zero-order chi connectivity index (χ0) is 13.8. The van der Waals surface area contributed by atoms with Crippen LogP contribution in [0, 0.1) is 0 Å². The Balaban J connectivity index is 2.52. The van der Waals surface area contributed by atoms with E-state index in [0.717, 1.165) is 12.2 Å². The van der Waals surface area contributed by atoms with Crippen molar-refractivity contribution in [2.75, 3.05) is 0 Å². The van der Waals surface area contributed by atoms with Gasteiger partial charge >= 0.3 is 0 Å². The zero-order valence-electron chi connectivity index (χ0n) is 11.9. The third-order valence-corrected chi connectivity index (χ3v) is 2.60. The fourth-order valence-electron chi connectivity index (χ4n) is 1.25. The van der Waals surface area contributed by atoms with E-state index >= 15 is 0 Å². The summed E-state index contributed by atoms with van der Waals surface area (Å²) in [6.07, 6.45) is 0.969. The highest BCUT2D eigenvalue weighted by atomic mass is 16.5. The first-order valence-corrected chi connectivity index (χ1v) is 6.32. The minimum atomic E-state index is -0.493. The number of rotatable bonds is 5. The van der Waals surface area contributed by atoms with E-state index in [1.54, 1.807) is 13.1 Å². The van der Waals surface area contributed by atoms with Crippen LogP contribution in [-0.4, -0.2) is 27.8 Å². The average Bonchev–Trinajstić information content (AvgIpc) is 2.27. The summed E-state index contributed by atoms with van der Waals surface area (Å²) in [5, 5.41) is 12.7. The molecule has 0 aliphatic heterocycles. The number of hydrogen-bond acceptors (Lipinski definition) is 4. The molecule has 0 saturated carbocycles. The van der Waals surface area contributed by atoms with Crippen LogP contribution in [0.25, 0.3) is 0 Å². The third-order valence-electron chi connectivity index (χ3n) is 2.60. The molecule has 1 aromatic rings. The minimum Gasteiger partial charge on any atom is -0.486 e. The molecule has 4 heteroatoms. The maximum absolute atomic E-state index is 9.36.